The highest BCUT2D eigenvalue weighted by Gasteiger charge is 2.38. The molecule has 0 aliphatic carbocycles. The van der Waals surface area contributed by atoms with Crippen LogP contribution in [-0.4, -0.2) is 23.0 Å². The first kappa shape index (κ1) is 13.5. The molecule has 19 heavy (non-hydrogen) atoms. The van der Waals surface area contributed by atoms with Gasteiger partial charge in [0, 0.05) is 13.0 Å². The van der Waals surface area contributed by atoms with Crippen LogP contribution in [0, 0.1) is 10.1 Å². The Kier molecular flexibility index (Phi) is 3.52. The predicted molar refractivity (Wildman–Crippen MR) is 67.8 cm³/mol. The monoisotopic (exact) mass is 328 g/mol. The van der Waals surface area contributed by atoms with Crippen molar-refractivity contribution < 1.29 is 19.2 Å². The molecule has 0 unspecified atom stereocenters. The maximum Gasteiger partial charge on any atom is 0.304 e. The van der Waals surface area contributed by atoms with Crippen LogP contribution < -0.4 is 5.32 Å². The number of nitrogens with one attached hydrogen (secondary N) is 1. The highest BCUT2D eigenvalue weighted by Crippen LogP contribution is 2.39. The molecule has 2 rings (SSSR count). The Morgan fingerprint density at radius 3 is 2.79 bits per heavy atom. The summed E-state index contributed by atoms with van der Waals surface area (Å²) in [5.74, 6) is -1.10. The van der Waals surface area contributed by atoms with Crippen molar-refractivity contribution in [1.29, 1.82) is 0 Å². The van der Waals surface area contributed by atoms with Crippen molar-refractivity contribution in [3.8, 4) is 0 Å². The number of carbonyl (C=O) groups excluding carboxylic acids is 2. The fraction of sp³-hybridized carbons (Fsp3) is 0.273. The van der Waals surface area contributed by atoms with Crippen molar-refractivity contribution >= 4 is 33.5 Å². The van der Waals surface area contributed by atoms with E-state index >= 15 is 0 Å². The van der Waals surface area contributed by atoms with Gasteiger partial charge in [0.2, 0.25) is 0 Å². The van der Waals surface area contributed by atoms with Gasteiger partial charge in [-0.05, 0) is 6.07 Å². The number of rotatable bonds is 2. The number of hydrogen-bond acceptors (Lipinski definition) is 5. The standard InChI is InChI=1S/C11H9BrN2O5/c1-5(15)19-11-9(12)8-6(10(16)13-11)3-2-4-7(8)14(17)18/h2-4,9,11H,1H3,(H,13,16)/t9-,11+/m0/s1. The van der Waals surface area contributed by atoms with Crippen molar-refractivity contribution in [3.05, 3.63) is 39.4 Å². The van der Waals surface area contributed by atoms with Crippen LogP contribution in [0.2, 0.25) is 0 Å². The van der Waals surface area contributed by atoms with Gasteiger partial charge in [-0.1, -0.05) is 22.0 Å². The maximum atomic E-state index is 11.9. The van der Waals surface area contributed by atoms with E-state index in [9.17, 15) is 19.7 Å². The topological polar surface area (TPSA) is 98.5 Å². The van der Waals surface area contributed by atoms with E-state index in [1.165, 1.54) is 25.1 Å². The van der Waals surface area contributed by atoms with Gasteiger partial charge in [-0.2, -0.15) is 0 Å². The summed E-state index contributed by atoms with van der Waals surface area (Å²) in [6.07, 6.45) is -0.974. The number of halogens is 1. The molecule has 0 aromatic heterocycles. The van der Waals surface area contributed by atoms with E-state index in [-0.39, 0.29) is 16.8 Å². The van der Waals surface area contributed by atoms with E-state index in [1.807, 2.05) is 0 Å². The zero-order valence-electron chi connectivity index (χ0n) is 9.75. The van der Waals surface area contributed by atoms with Gasteiger partial charge in [-0.3, -0.25) is 19.7 Å². The molecule has 2 atom stereocenters. The Labute approximate surface area is 116 Å². The van der Waals surface area contributed by atoms with Crippen LogP contribution in [-0.2, 0) is 9.53 Å². The zero-order chi connectivity index (χ0) is 14.2. The molecule has 100 valence electrons. The van der Waals surface area contributed by atoms with Crippen LogP contribution in [0.5, 0.6) is 0 Å². The van der Waals surface area contributed by atoms with Crippen LogP contribution in [0.25, 0.3) is 0 Å². The van der Waals surface area contributed by atoms with Gasteiger partial charge in [0.05, 0.1) is 16.1 Å². The molecule has 0 fully saturated rings. The lowest BCUT2D eigenvalue weighted by atomic mass is 9.97. The summed E-state index contributed by atoms with van der Waals surface area (Å²) in [7, 11) is 0. The molecule has 1 aromatic rings. The minimum atomic E-state index is -0.974. The smallest absolute Gasteiger partial charge is 0.304 e. The number of benzene rings is 1. The Hall–Kier alpha value is -1.96. The van der Waals surface area contributed by atoms with Crippen molar-refractivity contribution in [2.45, 2.75) is 18.0 Å². The van der Waals surface area contributed by atoms with Gasteiger partial charge in [-0.15, -0.1) is 0 Å². The first-order valence-electron chi connectivity index (χ1n) is 5.31. The predicted octanol–water partition coefficient (Wildman–Crippen LogP) is 1.66. The van der Waals surface area contributed by atoms with E-state index in [1.54, 1.807) is 0 Å². The summed E-state index contributed by atoms with van der Waals surface area (Å²) in [5.41, 5.74) is 0.216. The molecule has 8 heteroatoms. The number of ether oxygens (including phenoxy) is 1. The zero-order valence-corrected chi connectivity index (χ0v) is 11.3. The van der Waals surface area contributed by atoms with Crippen molar-refractivity contribution in [3.63, 3.8) is 0 Å². The molecule has 0 saturated heterocycles. The summed E-state index contributed by atoms with van der Waals surface area (Å²) in [6.45, 7) is 1.20. The van der Waals surface area contributed by atoms with Crippen LogP contribution in [0.3, 0.4) is 0 Å². The van der Waals surface area contributed by atoms with Crippen LogP contribution in [0.4, 0.5) is 5.69 Å². The number of fused-ring (bicyclic) bond motifs is 1. The van der Waals surface area contributed by atoms with Crippen LogP contribution in [0.15, 0.2) is 18.2 Å². The van der Waals surface area contributed by atoms with E-state index in [2.05, 4.69) is 21.2 Å². The Balaban J connectivity index is 2.52. The van der Waals surface area contributed by atoms with Gasteiger partial charge >= 0.3 is 5.97 Å². The number of nitro groups is 1. The number of carbonyl (C=O) groups is 2. The van der Waals surface area contributed by atoms with Gasteiger partial charge in [0.25, 0.3) is 11.6 Å². The van der Waals surface area contributed by atoms with E-state index in [0.717, 1.165) is 0 Å². The largest absolute Gasteiger partial charge is 0.440 e. The second-order valence-corrected chi connectivity index (χ2v) is 4.89. The lowest BCUT2D eigenvalue weighted by molar-refractivity contribution is -0.385. The highest BCUT2D eigenvalue weighted by atomic mass is 79.9. The molecule has 1 N–H and O–H groups in total. The van der Waals surface area contributed by atoms with Gasteiger partial charge in [-0.25, -0.2) is 0 Å². The third kappa shape index (κ3) is 2.43. The highest BCUT2D eigenvalue weighted by molar-refractivity contribution is 9.09. The van der Waals surface area contributed by atoms with E-state index in [0.29, 0.717) is 0 Å². The number of amides is 1. The second-order valence-electron chi connectivity index (χ2n) is 3.90. The molecule has 0 saturated carbocycles. The molecule has 1 amide bonds. The first-order valence-corrected chi connectivity index (χ1v) is 6.23. The Morgan fingerprint density at radius 1 is 1.53 bits per heavy atom. The summed E-state index contributed by atoms with van der Waals surface area (Å²) in [6, 6.07) is 4.22. The molecule has 0 bridgehead atoms. The molecule has 1 aromatic carbocycles. The number of esters is 1. The molecule has 0 spiro atoms. The fourth-order valence-corrected chi connectivity index (χ4v) is 2.62. The minimum Gasteiger partial charge on any atom is -0.440 e. The van der Waals surface area contributed by atoms with Gasteiger partial charge in [0.1, 0.15) is 4.83 Å². The SMILES string of the molecule is CC(=O)O[C@H]1NC(=O)c2cccc([N+](=O)[O-])c2[C@@H]1Br. The van der Waals surface area contributed by atoms with Crippen molar-refractivity contribution in [2.75, 3.05) is 0 Å². The molecule has 1 heterocycles. The number of nitro benzene ring substituents is 1. The van der Waals surface area contributed by atoms with Gasteiger partial charge in [0.15, 0.2) is 6.23 Å². The average molecular weight is 329 g/mol. The quantitative estimate of drug-likeness (QED) is 0.385. The van der Waals surface area contributed by atoms with Crippen LogP contribution in [0.1, 0.15) is 27.7 Å². The second kappa shape index (κ2) is 4.96. The maximum absolute atomic E-state index is 11.9. The third-order valence-electron chi connectivity index (χ3n) is 2.63. The summed E-state index contributed by atoms with van der Waals surface area (Å²) in [5, 5.41) is 13.5. The van der Waals surface area contributed by atoms with Crippen molar-refractivity contribution in [2.24, 2.45) is 0 Å². The van der Waals surface area contributed by atoms with E-state index < -0.39 is 27.9 Å². The average Bonchev–Trinajstić information content (AvgIpc) is 2.34. The number of hydrogen-bond donors (Lipinski definition) is 1. The van der Waals surface area contributed by atoms with Crippen molar-refractivity contribution in [1.82, 2.24) is 5.32 Å². The third-order valence-corrected chi connectivity index (χ3v) is 3.57. The number of alkyl halides is 1. The summed E-state index contributed by atoms with van der Waals surface area (Å²) >= 11 is 3.23. The summed E-state index contributed by atoms with van der Waals surface area (Å²) in [4.78, 5) is 32.6. The minimum absolute atomic E-state index is 0.189. The lowest BCUT2D eigenvalue weighted by Crippen LogP contribution is -2.45. The first-order chi connectivity index (χ1) is 8.91. The van der Waals surface area contributed by atoms with E-state index in [4.69, 9.17) is 4.74 Å². The molecule has 1 aliphatic heterocycles. The molecular weight excluding hydrogens is 320 g/mol. The molecular formula is C11H9BrN2O5. The van der Waals surface area contributed by atoms with Gasteiger partial charge < -0.3 is 10.1 Å². The Bertz CT molecular complexity index is 560. The molecule has 1 aliphatic rings. The summed E-state index contributed by atoms with van der Waals surface area (Å²) < 4.78 is 4.93. The van der Waals surface area contributed by atoms with Crippen LogP contribution >= 0.6 is 15.9 Å². The normalized spacial score (nSPS) is 21.3. The lowest BCUT2D eigenvalue weighted by Gasteiger charge is -2.29. The Morgan fingerprint density at radius 2 is 2.21 bits per heavy atom. The number of nitrogens with zero attached hydrogens (tertiary/aromatic N) is 1. The fourth-order valence-electron chi connectivity index (χ4n) is 1.90. The molecule has 7 nitrogen and oxygen atoms in total. The molecule has 0 radical (unpaired) electrons.